The molecule has 1 aromatic rings. The number of aromatic nitrogens is 1. The normalized spacial score (nSPS) is 22.9. The molecule has 0 bridgehead atoms. The first-order chi connectivity index (χ1) is 9.47. The van der Waals surface area contributed by atoms with Crippen LogP contribution in [-0.2, 0) is 16.1 Å². The van der Waals surface area contributed by atoms with E-state index in [1.54, 1.807) is 16.8 Å². The van der Waals surface area contributed by atoms with E-state index >= 15 is 0 Å². The number of pyridine rings is 1. The highest BCUT2D eigenvalue weighted by Gasteiger charge is 2.27. The van der Waals surface area contributed by atoms with Crippen molar-refractivity contribution in [3.8, 4) is 0 Å². The van der Waals surface area contributed by atoms with Crippen molar-refractivity contribution in [3.05, 3.63) is 33.2 Å². The summed E-state index contributed by atoms with van der Waals surface area (Å²) >= 11 is 3.33. The summed E-state index contributed by atoms with van der Waals surface area (Å²) in [5.41, 5.74) is -0.0932. The van der Waals surface area contributed by atoms with Crippen LogP contribution in [0.2, 0.25) is 0 Å². The Hall–Kier alpha value is -1.14. The van der Waals surface area contributed by atoms with Crippen LogP contribution in [0, 0.1) is 0 Å². The molecule has 1 saturated heterocycles. The Bertz CT molecular complexity index is 543. The Morgan fingerprint density at radius 1 is 1.45 bits per heavy atom. The molecule has 110 valence electrons. The molecule has 1 aliphatic rings. The minimum absolute atomic E-state index is 0.0690. The van der Waals surface area contributed by atoms with Crippen molar-refractivity contribution in [1.82, 2.24) is 9.47 Å². The average molecular weight is 343 g/mol. The lowest BCUT2D eigenvalue weighted by molar-refractivity contribution is -0.143. The van der Waals surface area contributed by atoms with Crippen molar-refractivity contribution in [3.63, 3.8) is 0 Å². The number of morpholine rings is 1. The lowest BCUT2D eigenvalue weighted by Gasteiger charge is -2.36. The Morgan fingerprint density at radius 2 is 2.20 bits per heavy atom. The van der Waals surface area contributed by atoms with Crippen LogP contribution in [0.5, 0.6) is 0 Å². The zero-order valence-corrected chi connectivity index (χ0v) is 13.3. The van der Waals surface area contributed by atoms with Gasteiger partial charge in [-0.3, -0.25) is 9.59 Å². The molecule has 1 amide bonds. The Morgan fingerprint density at radius 3 is 2.95 bits per heavy atom. The number of nitrogens with zero attached hydrogens (tertiary/aromatic N) is 2. The smallest absolute Gasteiger partial charge is 0.250 e. The molecule has 0 aliphatic carbocycles. The van der Waals surface area contributed by atoms with Gasteiger partial charge < -0.3 is 14.2 Å². The van der Waals surface area contributed by atoms with E-state index in [0.29, 0.717) is 26.1 Å². The van der Waals surface area contributed by atoms with Gasteiger partial charge >= 0.3 is 0 Å². The van der Waals surface area contributed by atoms with E-state index in [4.69, 9.17) is 4.74 Å². The molecule has 0 unspecified atom stereocenters. The van der Waals surface area contributed by atoms with Gasteiger partial charge in [0.25, 0.3) is 5.56 Å². The molecule has 20 heavy (non-hydrogen) atoms. The van der Waals surface area contributed by atoms with Gasteiger partial charge in [0.2, 0.25) is 5.91 Å². The number of rotatable bonds is 3. The molecular weight excluding hydrogens is 324 g/mol. The molecule has 1 aliphatic heterocycles. The molecule has 2 atom stereocenters. The third-order valence-corrected chi connectivity index (χ3v) is 3.91. The Labute approximate surface area is 126 Å². The molecular formula is C14H19BrN2O3. The second kappa shape index (κ2) is 6.54. The van der Waals surface area contributed by atoms with Crippen LogP contribution in [0.1, 0.15) is 20.3 Å². The molecule has 1 aromatic heterocycles. The molecule has 0 spiro atoms. The zero-order chi connectivity index (χ0) is 14.7. The van der Waals surface area contributed by atoms with Crippen LogP contribution in [0.4, 0.5) is 0 Å². The summed E-state index contributed by atoms with van der Waals surface area (Å²) in [5.74, 6) is 0.0690. The van der Waals surface area contributed by atoms with Gasteiger partial charge in [-0.1, -0.05) is 0 Å². The molecule has 2 heterocycles. The number of hydrogen-bond acceptors (Lipinski definition) is 3. The topological polar surface area (TPSA) is 51.5 Å². The number of ether oxygens (including phenoxy) is 1. The van der Waals surface area contributed by atoms with Gasteiger partial charge in [-0.2, -0.15) is 0 Å². The largest absolute Gasteiger partial charge is 0.375 e. The molecule has 0 N–H and O–H groups in total. The van der Waals surface area contributed by atoms with Crippen molar-refractivity contribution in [2.45, 2.75) is 39.0 Å². The van der Waals surface area contributed by atoms with E-state index in [9.17, 15) is 9.59 Å². The molecule has 6 heteroatoms. The predicted octanol–water partition coefficient (Wildman–Crippen LogP) is 1.64. The van der Waals surface area contributed by atoms with E-state index in [0.717, 1.165) is 4.47 Å². The zero-order valence-electron chi connectivity index (χ0n) is 11.7. The highest BCUT2D eigenvalue weighted by atomic mass is 79.9. The fourth-order valence-corrected chi connectivity index (χ4v) is 2.67. The van der Waals surface area contributed by atoms with Crippen molar-refractivity contribution >= 4 is 21.8 Å². The van der Waals surface area contributed by atoms with Crippen LogP contribution in [0.3, 0.4) is 0 Å². The SMILES string of the molecule is C[C@@H]1CO[C@@H](C)CN1C(=O)CCn1cc(Br)ccc1=O. The molecule has 0 saturated carbocycles. The van der Waals surface area contributed by atoms with E-state index in [1.165, 1.54) is 6.07 Å². The highest BCUT2D eigenvalue weighted by Crippen LogP contribution is 2.13. The summed E-state index contributed by atoms with van der Waals surface area (Å²) in [7, 11) is 0. The standard InChI is InChI=1S/C14H19BrN2O3/c1-10-9-20-11(2)7-17(10)14(19)5-6-16-8-12(15)3-4-13(16)18/h3-4,8,10-11H,5-7,9H2,1-2H3/t10-,11+/m1/s1. The number of aryl methyl sites for hydroxylation is 1. The van der Waals surface area contributed by atoms with Gasteiger partial charge in [0.1, 0.15) is 0 Å². The number of carbonyl (C=O) groups excluding carboxylic acids is 1. The van der Waals surface area contributed by atoms with Crippen molar-refractivity contribution in [2.75, 3.05) is 13.2 Å². The average Bonchev–Trinajstić information content (AvgIpc) is 2.42. The van der Waals surface area contributed by atoms with E-state index < -0.39 is 0 Å². The fraction of sp³-hybridized carbons (Fsp3) is 0.571. The summed E-state index contributed by atoms with van der Waals surface area (Å²) in [4.78, 5) is 25.8. The number of hydrogen-bond donors (Lipinski definition) is 0. The number of halogens is 1. The van der Waals surface area contributed by atoms with Gasteiger partial charge in [-0.25, -0.2) is 0 Å². The first-order valence-electron chi connectivity index (χ1n) is 6.74. The third-order valence-electron chi connectivity index (χ3n) is 3.44. The maximum atomic E-state index is 12.3. The monoisotopic (exact) mass is 342 g/mol. The molecule has 2 rings (SSSR count). The highest BCUT2D eigenvalue weighted by molar-refractivity contribution is 9.10. The van der Waals surface area contributed by atoms with Crippen LogP contribution < -0.4 is 5.56 Å². The van der Waals surface area contributed by atoms with Crippen LogP contribution in [-0.4, -0.2) is 40.7 Å². The second-order valence-electron chi connectivity index (χ2n) is 5.17. The van der Waals surface area contributed by atoms with E-state index in [-0.39, 0.29) is 23.6 Å². The van der Waals surface area contributed by atoms with E-state index in [2.05, 4.69) is 15.9 Å². The van der Waals surface area contributed by atoms with Gasteiger partial charge in [-0.15, -0.1) is 0 Å². The van der Waals surface area contributed by atoms with Gasteiger partial charge in [0.15, 0.2) is 0 Å². The first kappa shape index (κ1) is 15.3. The van der Waals surface area contributed by atoms with Crippen LogP contribution in [0.25, 0.3) is 0 Å². The summed E-state index contributed by atoms with van der Waals surface area (Å²) in [5, 5.41) is 0. The van der Waals surface area contributed by atoms with Gasteiger partial charge in [0, 0.05) is 36.2 Å². The Kier molecular flexibility index (Phi) is 4.99. The summed E-state index contributed by atoms with van der Waals surface area (Å²) in [6, 6.07) is 3.29. The quantitative estimate of drug-likeness (QED) is 0.838. The lowest BCUT2D eigenvalue weighted by Crippen LogP contribution is -2.50. The first-order valence-corrected chi connectivity index (χ1v) is 7.53. The fourth-order valence-electron chi connectivity index (χ4n) is 2.29. The molecule has 0 aromatic carbocycles. The summed E-state index contributed by atoms with van der Waals surface area (Å²) < 4.78 is 7.90. The van der Waals surface area contributed by atoms with Crippen molar-refractivity contribution in [2.24, 2.45) is 0 Å². The van der Waals surface area contributed by atoms with Crippen LogP contribution >= 0.6 is 15.9 Å². The third kappa shape index (κ3) is 3.70. The predicted molar refractivity (Wildman–Crippen MR) is 79.6 cm³/mol. The molecule has 5 nitrogen and oxygen atoms in total. The number of carbonyl (C=O) groups is 1. The minimum atomic E-state index is -0.0932. The van der Waals surface area contributed by atoms with Crippen LogP contribution in [0.15, 0.2) is 27.6 Å². The maximum Gasteiger partial charge on any atom is 0.250 e. The minimum Gasteiger partial charge on any atom is -0.375 e. The molecule has 0 radical (unpaired) electrons. The maximum absolute atomic E-state index is 12.3. The molecule has 1 fully saturated rings. The van der Waals surface area contributed by atoms with Crippen molar-refractivity contribution in [1.29, 1.82) is 0 Å². The lowest BCUT2D eigenvalue weighted by atomic mass is 10.2. The van der Waals surface area contributed by atoms with E-state index in [1.807, 2.05) is 18.7 Å². The Balaban J connectivity index is 1.98. The van der Waals surface area contributed by atoms with Crippen molar-refractivity contribution < 1.29 is 9.53 Å². The number of amides is 1. The summed E-state index contributed by atoms with van der Waals surface area (Å²) in [6.07, 6.45) is 2.11. The van der Waals surface area contributed by atoms with Gasteiger partial charge in [-0.05, 0) is 35.8 Å². The summed E-state index contributed by atoms with van der Waals surface area (Å²) in [6.45, 7) is 5.53. The second-order valence-corrected chi connectivity index (χ2v) is 6.08. The van der Waals surface area contributed by atoms with Gasteiger partial charge in [0.05, 0.1) is 18.8 Å².